The smallest absolute Gasteiger partial charge is 0.246 e. The standard InChI is InChI=1S/C10H12ClFN2O2S.ClH/c11-7-1-2-9(12)10(5-7)17(15,16)14-4-3-8(13)6-14;/h1-2,5,8H,3-4,6,13H2;1H. The lowest BCUT2D eigenvalue weighted by atomic mass is 10.3. The molecule has 1 aliphatic rings. The first kappa shape index (κ1) is 15.7. The molecule has 1 aliphatic heterocycles. The molecule has 0 saturated carbocycles. The maximum absolute atomic E-state index is 13.5. The van der Waals surface area contributed by atoms with Gasteiger partial charge in [-0.1, -0.05) is 11.6 Å². The molecule has 8 heteroatoms. The van der Waals surface area contributed by atoms with E-state index in [0.29, 0.717) is 13.0 Å². The van der Waals surface area contributed by atoms with Crippen molar-refractivity contribution in [3.8, 4) is 0 Å². The molecule has 1 atom stereocenters. The molecule has 4 nitrogen and oxygen atoms in total. The van der Waals surface area contributed by atoms with Crippen LogP contribution in [0, 0.1) is 5.82 Å². The second kappa shape index (κ2) is 5.71. The fraction of sp³-hybridized carbons (Fsp3) is 0.400. The Balaban J connectivity index is 0.00000162. The summed E-state index contributed by atoms with van der Waals surface area (Å²) in [6.45, 7) is 0.531. The summed E-state index contributed by atoms with van der Waals surface area (Å²) in [5, 5.41) is 0.188. The second-order valence-corrected chi connectivity index (χ2v) is 6.33. The molecule has 0 bridgehead atoms. The maximum atomic E-state index is 13.5. The lowest BCUT2D eigenvalue weighted by molar-refractivity contribution is 0.465. The average molecular weight is 315 g/mol. The van der Waals surface area contributed by atoms with Gasteiger partial charge < -0.3 is 5.73 Å². The third kappa shape index (κ3) is 2.95. The van der Waals surface area contributed by atoms with Crippen molar-refractivity contribution in [1.29, 1.82) is 0 Å². The molecule has 0 aromatic heterocycles. The van der Waals surface area contributed by atoms with E-state index in [9.17, 15) is 12.8 Å². The van der Waals surface area contributed by atoms with Crippen molar-refractivity contribution in [1.82, 2.24) is 4.31 Å². The van der Waals surface area contributed by atoms with E-state index < -0.39 is 15.8 Å². The Bertz CT molecular complexity index is 539. The molecule has 2 rings (SSSR count). The van der Waals surface area contributed by atoms with Gasteiger partial charge in [-0.15, -0.1) is 12.4 Å². The van der Waals surface area contributed by atoms with Gasteiger partial charge >= 0.3 is 0 Å². The summed E-state index contributed by atoms with van der Waals surface area (Å²) in [5.74, 6) is -0.796. The lowest BCUT2D eigenvalue weighted by Gasteiger charge is -2.16. The molecular formula is C10H13Cl2FN2O2S. The van der Waals surface area contributed by atoms with Crippen LogP contribution in [-0.4, -0.2) is 31.9 Å². The Morgan fingerprint density at radius 2 is 2.11 bits per heavy atom. The predicted molar refractivity (Wildman–Crippen MR) is 70.0 cm³/mol. The summed E-state index contributed by atoms with van der Waals surface area (Å²) in [6.07, 6.45) is 0.585. The van der Waals surface area contributed by atoms with E-state index in [-0.39, 0.29) is 34.9 Å². The molecular weight excluding hydrogens is 302 g/mol. The van der Waals surface area contributed by atoms with Gasteiger partial charge in [0, 0.05) is 24.2 Å². The van der Waals surface area contributed by atoms with Crippen molar-refractivity contribution < 1.29 is 12.8 Å². The van der Waals surface area contributed by atoms with E-state index in [1.165, 1.54) is 10.4 Å². The maximum Gasteiger partial charge on any atom is 0.246 e. The summed E-state index contributed by atoms with van der Waals surface area (Å²) < 4.78 is 39.0. The second-order valence-electron chi connectivity index (χ2n) is 3.99. The van der Waals surface area contributed by atoms with E-state index in [2.05, 4.69) is 0 Å². The van der Waals surface area contributed by atoms with E-state index in [1.807, 2.05) is 0 Å². The molecule has 18 heavy (non-hydrogen) atoms. The van der Waals surface area contributed by atoms with Crippen LogP contribution in [0.1, 0.15) is 6.42 Å². The summed E-state index contributed by atoms with van der Waals surface area (Å²) in [6, 6.07) is 3.29. The molecule has 1 unspecified atom stereocenters. The summed E-state index contributed by atoms with van der Waals surface area (Å²) >= 11 is 5.68. The van der Waals surface area contributed by atoms with Crippen LogP contribution in [0.25, 0.3) is 0 Å². The lowest BCUT2D eigenvalue weighted by Crippen LogP contribution is -2.32. The first-order chi connectivity index (χ1) is 7.91. The highest BCUT2D eigenvalue weighted by Gasteiger charge is 2.32. The first-order valence-electron chi connectivity index (χ1n) is 5.12. The van der Waals surface area contributed by atoms with Crippen LogP contribution in [0.15, 0.2) is 23.1 Å². The fourth-order valence-corrected chi connectivity index (χ4v) is 3.63. The molecule has 1 heterocycles. The van der Waals surface area contributed by atoms with Gasteiger partial charge in [-0.05, 0) is 24.6 Å². The minimum atomic E-state index is -3.83. The normalized spacial score (nSPS) is 20.7. The summed E-state index contributed by atoms with van der Waals surface area (Å²) in [7, 11) is -3.83. The number of sulfonamides is 1. The van der Waals surface area contributed by atoms with Gasteiger partial charge in [-0.2, -0.15) is 4.31 Å². The Hall–Kier alpha value is -0.400. The highest BCUT2D eigenvalue weighted by molar-refractivity contribution is 7.89. The van der Waals surface area contributed by atoms with E-state index in [0.717, 1.165) is 12.1 Å². The predicted octanol–water partition coefficient (Wildman–Crippen LogP) is 1.62. The van der Waals surface area contributed by atoms with Crippen molar-refractivity contribution in [2.75, 3.05) is 13.1 Å². The number of halogens is 3. The number of nitrogens with zero attached hydrogens (tertiary/aromatic N) is 1. The van der Waals surface area contributed by atoms with Gasteiger partial charge in [0.25, 0.3) is 0 Å². The molecule has 0 spiro atoms. The van der Waals surface area contributed by atoms with Crippen LogP contribution >= 0.6 is 24.0 Å². The average Bonchev–Trinajstić information content (AvgIpc) is 2.69. The largest absolute Gasteiger partial charge is 0.326 e. The molecule has 2 N–H and O–H groups in total. The van der Waals surface area contributed by atoms with Gasteiger partial charge in [0.2, 0.25) is 10.0 Å². The molecule has 1 aromatic carbocycles. The van der Waals surface area contributed by atoms with Crippen molar-refractivity contribution in [3.63, 3.8) is 0 Å². The SMILES string of the molecule is Cl.NC1CCN(S(=O)(=O)c2cc(Cl)ccc2F)C1. The quantitative estimate of drug-likeness (QED) is 0.902. The van der Waals surface area contributed by atoms with Gasteiger partial charge in [0.1, 0.15) is 10.7 Å². The summed E-state index contributed by atoms with van der Waals surface area (Å²) in [5.41, 5.74) is 5.64. The van der Waals surface area contributed by atoms with Crippen molar-refractivity contribution in [2.45, 2.75) is 17.4 Å². The van der Waals surface area contributed by atoms with Crippen molar-refractivity contribution in [3.05, 3.63) is 29.0 Å². The number of benzene rings is 1. The highest BCUT2D eigenvalue weighted by atomic mass is 35.5. The monoisotopic (exact) mass is 314 g/mol. The third-order valence-electron chi connectivity index (χ3n) is 2.70. The molecule has 1 aromatic rings. The minimum Gasteiger partial charge on any atom is -0.326 e. The molecule has 0 aliphatic carbocycles. The van der Waals surface area contributed by atoms with Crippen LogP contribution in [0.2, 0.25) is 5.02 Å². The molecule has 102 valence electrons. The Kier molecular flexibility index (Phi) is 4.97. The molecule has 1 fully saturated rings. The van der Waals surface area contributed by atoms with Gasteiger partial charge in [-0.25, -0.2) is 12.8 Å². The number of hydrogen-bond donors (Lipinski definition) is 1. The zero-order valence-electron chi connectivity index (χ0n) is 9.34. The molecule has 0 amide bonds. The highest BCUT2D eigenvalue weighted by Crippen LogP contribution is 2.25. The number of hydrogen-bond acceptors (Lipinski definition) is 3. The Labute approximate surface area is 116 Å². The third-order valence-corrected chi connectivity index (χ3v) is 4.81. The van der Waals surface area contributed by atoms with Crippen LogP contribution in [0.4, 0.5) is 4.39 Å². The number of nitrogens with two attached hydrogens (primary N) is 1. The zero-order chi connectivity index (χ0) is 12.6. The van der Waals surface area contributed by atoms with Crippen molar-refractivity contribution >= 4 is 34.0 Å². The van der Waals surface area contributed by atoms with Crippen LogP contribution in [0.3, 0.4) is 0 Å². The molecule has 1 saturated heterocycles. The Morgan fingerprint density at radius 1 is 1.44 bits per heavy atom. The van der Waals surface area contributed by atoms with Crippen LogP contribution in [0.5, 0.6) is 0 Å². The fourth-order valence-electron chi connectivity index (χ4n) is 1.79. The first-order valence-corrected chi connectivity index (χ1v) is 6.94. The van der Waals surface area contributed by atoms with Crippen molar-refractivity contribution in [2.24, 2.45) is 5.73 Å². The van der Waals surface area contributed by atoms with Gasteiger partial charge in [-0.3, -0.25) is 0 Å². The zero-order valence-corrected chi connectivity index (χ0v) is 11.7. The van der Waals surface area contributed by atoms with Gasteiger partial charge in [0.15, 0.2) is 0 Å². The minimum absolute atomic E-state index is 0. The van der Waals surface area contributed by atoms with Crippen LogP contribution < -0.4 is 5.73 Å². The topological polar surface area (TPSA) is 63.4 Å². The number of rotatable bonds is 2. The van der Waals surface area contributed by atoms with Gasteiger partial charge in [0.05, 0.1) is 0 Å². The van der Waals surface area contributed by atoms with Crippen LogP contribution in [-0.2, 0) is 10.0 Å². The van der Waals surface area contributed by atoms with E-state index >= 15 is 0 Å². The summed E-state index contributed by atoms with van der Waals surface area (Å²) in [4.78, 5) is -0.390. The van der Waals surface area contributed by atoms with E-state index in [1.54, 1.807) is 0 Å². The molecule has 0 radical (unpaired) electrons. The van der Waals surface area contributed by atoms with E-state index in [4.69, 9.17) is 17.3 Å². The Morgan fingerprint density at radius 3 is 2.67 bits per heavy atom.